The minimum Gasteiger partial charge on any atom is -0.426 e. The van der Waals surface area contributed by atoms with Crippen molar-refractivity contribution in [2.24, 2.45) is 5.92 Å². The van der Waals surface area contributed by atoms with E-state index in [0.717, 1.165) is 75.7 Å². The van der Waals surface area contributed by atoms with Gasteiger partial charge in [0.2, 0.25) is 0 Å². The standard InChI is InChI=1S/C31H36N4O3/c32-21-31(14-16-33-17-15-31)25-7-11-27(12-8-25)35-19-18-34(30(35)37)26-9-4-23(5-10-26)29(36)38-28-13-6-22-2-1-3-24(22)20-28/h6-8,11-13,20,23,26,33H,1-5,9-10,14-19H2. The van der Waals surface area contributed by atoms with E-state index in [1.807, 2.05) is 46.2 Å². The highest BCUT2D eigenvalue weighted by molar-refractivity contribution is 5.94. The molecular formula is C31H36N4O3. The lowest BCUT2D eigenvalue weighted by atomic mass is 9.74. The van der Waals surface area contributed by atoms with Crippen molar-refractivity contribution < 1.29 is 14.3 Å². The molecule has 198 valence electrons. The minimum absolute atomic E-state index is 0.0405. The number of carbonyl (C=O) groups is 2. The molecule has 2 aromatic rings. The van der Waals surface area contributed by atoms with Crippen molar-refractivity contribution in [2.75, 3.05) is 31.1 Å². The van der Waals surface area contributed by atoms with E-state index in [4.69, 9.17) is 4.74 Å². The van der Waals surface area contributed by atoms with Crippen LogP contribution in [0.5, 0.6) is 5.75 Å². The van der Waals surface area contributed by atoms with Crippen molar-refractivity contribution in [3.63, 3.8) is 0 Å². The number of urea groups is 1. The van der Waals surface area contributed by atoms with Gasteiger partial charge in [-0.3, -0.25) is 9.69 Å². The first kappa shape index (κ1) is 24.9. The zero-order valence-electron chi connectivity index (χ0n) is 22.0. The first-order valence-electron chi connectivity index (χ1n) is 14.2. The Bertz CT molecular complexity index is 1240. The van der Waals surface area contributed by atoms with Gasteiger partial charge in [-0.2, -0.15) is 5.26 Å². The molecule has 2 aromatic carbocycles. The molecule has 2 saturated heterocycles. The fraction of sp³-hybridized carbons (Fsp3) is 0.516. The van der Waals surface area contributed by atoms with Crippen molar-refractivity contribution in [3.8, 4) is 11.8 Å². The Labute approximate surface area is 224 Å². The van der Waals surface area contributed by atoms with Crippen LogP contribution in [0.2, 0.25) is 0 Å². The van der Waals surface area contributed by atoms with Gasteiger partial charge in [-0.15, -0.1) is 0 Å². The van der Waals surface area contributed by atoms with Crippen LogP contribution < -0.4 is 15.0 Å². The van der Waals surface area contributed by atoms with Gasteiger partial charge in [-0.25, -0.2) is 4.79 Å². The average Bonchev–Trinajstić information content (AvgIpc) is 3.59. The Hall–Kier alpha value is -3.37. The quantitative estimate of drug-likeness (QED) is 0.463. The third kappa shape index (κ3) is 4.67. The number of nitrogens with zero attached hydrogens (tertiary/aromatic N) is 3. The zero-order valence-corrected chi connectivity index (χ0v) is 22.0. The lowest BCUT2D eigenvalue weighted by Gasteiger charge is -2.33. The van der Waals surface area contributed by atoms with Crippen LogP contribution in [0.3, 0.4) is 0 Å². The molecule has 0 radical (unpaired) electrons. The number of esters is 1. The van der Waals surface area contributed by atoms with Crippen LogP contribution in [-0.4, -0.2) is 49.1 Å². The topological polar surface area (TPSA) is 85.7 Å². The van der Waals surface area contributed by atoms with E-state index in [9.17, 15) is 14.9 Å². The SMILES string of the molecule is N#CC1(c2ccc(N3CCN(C4CCC(C(=O)Oc5ccc6c(c5)CCC6)CC4)C3=O)cc2)CCNCC1. The normalized spacial score (nSPS) is 24.7. The fourth-order valence-electron chi connectivity index (χ4n) is 6.85. The number of carbonyl (C=O) groups excluding carboxylic acids is 2. The van der Waals surface area contributed by atoms with Crippen LogP contribution in [0.4, 0.5) is 10.5 Å². The third-order valence-corrected chi connectivity index (χ3v) is 9.20. The number of nitrogens with one attached hydrogen (secondary N) is 1. The zero-order chi connectivity index (χ0) is 26.1. The van der Waals surface area contributed by atoms with Crippen LogP contribution in [0.15, 0.2) is 42.5 Å². The number of anilines is 1. The maximum atomic E-state index is 13.4. The maximum Gasteiger partial charge on any atom is 0.324 e. The van der Waals surface area contributed by atoms with Crippen LogP contribution >= 0.6 is 0 Å². The van der Waals surface area contributed by atoms with Gasteiger partial charge in [0.25, 0.3) is 0 Å². The fourth-order valence-corrected chi connectivity index (χ4v) is 6.85. The highest BCUT2D eigenvalue weighted by Crippen LogP contribution is 2.36. The summed E-state index contributed by atoms with van der Waals surface area (Å²) < 4.78 is 5.75. The molecular weight excluding hydrogens is 476 g/mol. The van der Waals surface area contributed by atoms with Crippen LogP contribution in [0, 0.1) is 17.2 Å². The van der Waals surface area contributed by atoms with Gasteiger partial charge in [0, 0.05) is 24.8 Å². The number of ether oxygens (including phenoxy) is 1. The van der Waals surface area contributed by atoms with E-state index in [0.29, 0.717) is 18.8 Å². The molecule has 1 saturated carbocycles. The second kappa shape index (κ2) is 10.4. The monoisotopic (exact) mass is 512 g/mol. The molecule has 2 aliphatic carbocycles. The number of hydrogen-bond acceptors (Lipinski definition) is 5. The Morgan fingerprint density at radius 2 is 1.71 bits per heavy atom. The first-order valence-corrected chi connectivity index (χ1v) is 14.2. The summed E-state index contributed by atoms with van der Waals surface area (Å²) in [7, 11) is 0. The molecule has 0 unspecified atom stereocenters. The average molecular weight is 513 g/mol. The second-order valence-electron chi connectivity index (χ2n) is 11.3. The number of benzene rings is 2. The molecule has 2 heterocycles. The summed E-state index contributed by atoms with van der Waals surface area (Å²) >= 11 is 0. The molecule has 3 fully saturated rings. The van der Waals surface area contributed by atoms with Crippen molar-refractivity contribution >= 4 is 17.7 Å². The number of nitriles is 1. The van der Waals surface area contributed by atoms with E-state index in [1.54, 1.807) is 0 Å². The first-order chi connectivity index (χ1) is 18.6. The van der Waals surface area contributed by atoms with Crippen molar-refractivity contribution in [1.82, 2.24) is 10.2 Å². The summed E-state index contributed by atoms with van der Waals surface area (Å²) in [4.78, 5) is 30.0. The molecule has 0 atom stereocenters. The molecule has 2 amide bonds. The molecule has 2 aliphatic heterocycles. The van der Waals surface area contributed by atoms with E-state index < -0.39 is 5.41 Å². The van der Waals surface area contributed by atoms with Gasteiger partial charge in [-0.1, -0.05) is 18.2 Å². The molecule has 0 aromatic heterocycles. The number of fused-ring (bicyclic) bond motifs is 1. The minimum atomic E-state index is -0.439. The molecule has 38 heavy (non-hydrogen) atoms. The van der Waals surface area contributed by atoms with Crippen molar-refractivity contribution in [3.05, 3.63) is 59.2 Å². The summed E-state index contributed by atoms with van der Waals surface area (Å²) in [5, 5.41) is 13.2. The van der Waals surface area contributed by atoms with E-state index in [2.05, 4.69) is 17.5 Å². The Kier molecular flexibility index (Phi) is 6.84. The van der Waals surface area contributed by atoms with Crippen LogP contribution in [0.25, 0.3) is 0 Å². The van der Waals surface area contributed by atoms with Crippen LogP contribution in [-0.2, 0) is 23.1 Å². The Morgan fingerprint density at radius 1 is 0.974 bits per heavy atom. The second-order valence-corrected chi connectivity index (χ2v) is 11.3. The van der Waals surface area contributed by atoms with Gasteiger partial charge in [0.05, 0.1) is 17.4 Å². The van der Waals surface area contributed by atoms with Gasteiger partial charge < -0.3 is 15.0 Å². The Balaban J connectivity index is 1.03. The van der Waals surface area contributed by atoms with Gasteiger partial charge in [0.15, 0.2) is 0 Å². The largest absolute Gasteiger partial charge is 0.426 e. The highest BCUT2D eigenvalue weighted by Gasteiger charge is 2.39. The number of hydrogen-bond donors (Lipinski definition) is 1. The van der Waals surface area contributed by atoms with Crippen LogP contribution in [0.1, 0.15) is 61.6 Å². The highest BCUT2D eigenvalue weighted by atomic mass is 16.5. The lowest BCUT2D eigenvalue weighted by molar-refractivity contribution is -0.140. The van der Waals surface area contributed by atoms with E-state index >= 15 is 0 Å². The van der Waals surface area contributed by atoms with Crippen molar-refractivity contribution in [2.45, 2.75) is 69.2 Å². The predicted molar refractivity (Wildman–Crippen MR) is 145 cm³/mol. The number of piperidine rings is 1. The van der Waals surface area contributed by atoms with E-state index in [1.165, 1.54) is 17.5 Å². The summed E-state index contributed by atoms with van der Waals surface area (Å²) in [6, 6.07) is 16.8. The summed E-state index contributed by atoms with van der Waals surface area (Å²) in [5.41, 5.74) is 4.17. The molecule has 7 heteroatoms. The number of amides is 2. The molecule has 7 nitrogen and oxygen atoms in total. The maximum absolute atomic E-state index is 13.4. The molecule has 6 rings (SSSR count). The Morgan fingerprint density at radius 3 is 2.45 bits per heavy atom. The predicted octanol–water partition coefficient (Wildman–Crippen LogP) is 4.73. The lowest BCUT2D eigenvalue weighted by Crippen LogP contribution is -2.42. The summed E-state index contributed by atoms with van der Waals surface area (Å²) in [5.74, 6) is 0.415. The number of rotatable bonds is 5. The summed E-state index contributed by atoms with van der Waals surface area (Å²) in [6.07, 6.45) is 8.11. The van der Waals surface area contributed by atoms with Gasteiger partial charge >= 0.3 is 12.0 Å². The molecule has 0 spiro atoms. The molecule has 1 N–H and O–H groups in total. The van der Waals surface area contributed by atoms with Crippen molar-refractivity contribution in [1.29, 1.82) is 5.26 Å². The van der Waals surface area contributed by atoms with Gasteiger partial charge in [0.1, 0.15) is 5.75 Å². The molecule has 0 bridgehead atoms. The number of aryl methyl sites for hydroxylation is 2. The molecule has 4 aliphatic rings. The third-order valence-electron chi connectivity index (χ3n) is 9.20. The smallest absolute Gasteiger partial charge is 0.324 e. The van der Waals surface area contributed by atoms with E-state index in [-0.39, 0.29) is 24.0 Å². The van der Waals surface area contributed by atoms with Gasteiger partial charge in [-0.05, 0) is 112 Å². The summed E-state index contributed by atoms with van der Waals surface area (Å²) in [6.45, 7) is 3.06.